The third-order valence-electron chi connectivity index (χ3n) is 5.04. The molecule has 1 aliphatic rings. The normalized spacial score (nSPS) is 16.6. The van der Waals surface area contributed by atoms with Crippen LogP contribution in [0.25, 0.3) is 0 Å². The Morgan fingerprint density at radius 1 is 1.30 bits per heavy atom. The molecule has 0 spiro atoms. The van der Waals surface area contributed by atoms with E-state index in [4.69, 9.17) is 5.11 Å². The second kappa shape index (κ2) is 11.5. The first-order valence-electron chi connectivity index (χ1n) is 9.09. The third-order valence-corrected chi connectivity index (χ3v) is 5.79. The standard InChI is InChI=1S/C19H29N3O3S.ClH/c1-4-21(13-18(23)24)16-9-11-22(12-10-16)14(2)19(25)20-15-5-7-17(26-3)8-6-15;/h5-8,14,16H,4,9-13H2,1-3H3,(H,20,25)(H,23,24);1H. The van der Waals surface area contributed by atoms with E-state index in [9.17, 15) is 9.59 Å². The Labute approximate surface area is 172 Å². The zero-order valence-corrected chi connectivity index (χ0v) is 17.8. The lowest BCUT2D eigenvalue weighted by atomic mass is 10.0. The molecular formula is C19H30ClN3O3S. The molecule has 0 bridgehead atoms. The number of anilines is 1. The van der Waals surface area contributed by atoms with Crippen molar-refractivity contribution in [1.29, 1.82) is 0 Å². The van der Waals surface area contributed by atoms with E-state index in [2.05, 4.69) is 10.2 Å². The number of piperidine rings is 1. The Morgan fingerprint density at radius 3 is 2.37 bits per heavy atom. The van der Waals surface area contributed by atoms with Gasteiger partial charge in [0.05, 0.1) is 12.6 Å². The fraction of sp³-hybridized carbons (Fsp3) is 0.579. The van der Waals surface area contributed by atoms with Crippen molar-refractivity contribution in [1.82, 2.24) is 9.80 Å². The molecule has 6 nitrogen and oxygen atoms in total. The first-order valence-corrected chi connectivity index (χ1v) is 10.3. The summed E-state index contributed by atoms with van der Waals surface area (Å²) in [6.07, 6.45) is 3.80. The monoisotopic (exact) mass is 415 g/mol. The molecule has 1 amide bonds. The zero-order valence-electron chi connectivity index (χ0n) is 16.2. The van der Waals surface area contributed by atoms with E-state index in [1.165, 1.54) is 4.90 Å². The number of aliphatic carboxylic acids is 1. The molecule has 0 aliphatic carbocycles. The van der Waals surface area contributed by atoms with Gasteiger partial charge in [-0.15, -0.1) is 24.2 Å². The highest BCUT2D eigenvalue weighted by Gasteiger charge is 2.29. The number of benzene rings is 1. The van der Waals surface area contributed by atoms with Gasteiger partial charge in [-0.2, -0.15) is 0 Å². The summed E-state index contributed by atoms with van der Waals surface area (Å²) in [7, 11) is 0. The van der Waals surface area contributed by atoms with Gasteiger partial charge >= 0.3 is 5.97 Å². The number of carbonyl (C=O) groups is 2. The molecule has 27 heavy (non-hydrogen) atoms. The number of amides is 1. The molecule has 1 heterocycles. The van der Waals surface area contributed by atoms with Crippen LogP contribution in [0.15, 0.2) is 29.2 Å². The number of rotatable bonds is 8. The smallest absolute Gasteiger partial charge is 0.317 e. The number of halogens is 1. The maximum absolute atomic E-state index is 12.5. The SMILES string of the molecule is CCN(CC(=O)O)C1CCN(C(C)C(=O)Nc2ccc(SC)cc2)CC1.Cl. The Balaban J connectivity index is 0.00000364. The van der Waals surface area contributed by atoms with Crippen molar-refractivity contribution in [3.05, 3.63) is 24.3 Å². The molecule has 8 heteroatoms. The van der Waals surface area contributed by atoms with Gasteiger partial charge in [-0.3, -0.25) is 19.4 Å². The molecule has 1 atom stereocenters. The van der Waals surface area contributed by atoms with Crippen LogP contribution in [0, 0.1) is 0 Å². The minimum Gasteiger partial charge on any atom is -0.480 e. The molecule has 1 aliphatic heterocycles. The maximum atomic E-state index is 12.5. The molecule has 2 N–H and O–H groups in total. The van der Waals surface area contributed by atoms with Crippen molar-refractivity contribution in [3.63, 3.8) is 0 Å². The van der Waals surface area contributed by atoms with Crippen LogP contribution in [-0.4, -0.2) is 71.3 Å². The molecule has 1 aromatic carbocycles. The third kappa shape index (κ3) is 6.99. The van der Waals surface area contributed by atoms with E-state index in [0.29, 0.717) is 0 Å². The van der Waals surface area contributed by atoms with E-state index in [-0.39, 0.29) is 36.9 Å². The predicted octanol–water partition coefficient (Wildman–Crippen LogP) is 3.03. The molecule has 1 aromatic rings. The van der Waals surface area contributed by atoms with Crippen LogP contribution in [0.3, 0.4) is 0 Å². The van der Waals surface area contributed by atoms with Crippen molar-refractivity contribution >= 4 is 41.7 Å². The lowest BCUT2D eigenvalue weighted by molar-refractivity contribution is -0.139. The molecule has 0 radical (unpaired) electrons. The highest BCUT2D eigenvalue weighted by Crippen LogP contribution is 2.20. The predicted molar refractivity (Wildman–Crippen MR) is 113 cm³/mol. The van der Waals surface area contributed by atoms with Crippen molar-refractivity contribution in [3.8, 4) is 0 Å². The number of likely N-dealkylation sites (N-methyl/N-ethyl adjacent to an activating group) is 1. The second-order valence-electron chi connectivity index (χ2n) is 6.62. The number of carboxylic acid groups (broad SMARTS) is 1. The molecule has 0 aromatic heterocycles. The molecule has 2 rings (SSSR count). The van der Waals surface area contributed by atoms with Gasteiger partial charge in [-0.25, -0.2) is 0 Å². The van der Waals surface area contributed by atoms with E-state index >= 15 is 0 Å². The first-order chi connectivity index (χ1) is 12.4. The van der Waals surface area contributed by atoms with E-state index in [1.54, 1.807) is 11.8 Å². The first kappa shape index (κ1) is 23.8. The number of nitrogens with one attached hydrogen (secondary N) is 1. The van der Waals surface area contributed by atoms with Gasteiger partial charge in [-0.05, 0) is 56.8 Å². The van der Waals surface area contributed by atoms with Crippen LogP contribution in [-0.2, 0) is 9.59 Å². The number of carbonyl (C=O) groups excluding carboxylic acids is 1. The largest absolute Gasteiger partial charge is 0.480 e. The summed E-state index contributed by atoms with van der Waals surface area (Å²) in [6.45, 7) is 6.36. The molecule has 152 valence electrons. The van der Waals surface area contributed by atoms with Crippen LogP contribution in [0.5, 0.6) is 0 Å². The Hall–Kier alpha value is -1.28. The van der Waals surface area contributed by atoms with E-state index < -0.39 is 5.97 Å². The average Bonchev–Trinajstić information content (AvgIpc) is 2.66. The maximum Gasteiger partial charge on any atom is 0.317 e. The Kier molecular flexibility index (Phi) is 10.2. The van der Waals surface area contributed by atoms with Crippen LogP contribution < -0.4 is 5.32 Å². The minimum absolute atomic E-state index is 0. The Bertz CT molecular complexity index is 607. The van der Waals surface area contributed by atoms with Gasteiger partial charge in [0.15, 0.2) is 0 Å². The molecule has 1 unspecified atom stereocenters. The van der Waals surface area contributed by atoms with Crippen LogP contribution in [0.4, 0.5) is 5.69 Å². The number of nitrogens with zero attached hydrogens (tertiary/aromatic N) is 2. The second-order valence-corrected chi connectivity index (χ2v) is 7.50. The summed E-state index contributed by atoms with van der Waals surface area (Å²) in [4.78, 5) is 28.9. The summed E-state index contributed by atoms with van der Waals surface area (Å²) >= 11 is 1.67. The summed E-state index contributed by atoms with van der Waals surface area (Å²) < 4.78 is 0. The van der Waals surface area contributed by atoms with E-state index in [0.717, 1.165) is 38.2 Å². The average molecular weight is 416 g/mol. The van der Waals surface area contributed by atoms with Crippen LogP contribution in [0.2, 0.25) is 0 Å². The Morgan fingerprint density at radius 2 is 1.89 bits per heavy atom. The van der Waals surface area contributed by atoms with Crippen molar-refractivity contribution in [2.75, 3.05) is 37.8 Å². The van der Waals surface area contributed by atoms with E-state index in [1.807, 2.05) is 49.3 Å². The lowest BCUT2D eigenvalue weighted by Crippen LogP contribution is -2.51. The number of hydrogen-bond donors (Lipinski definition) is 2. The summed E-state index contributed by atoms with van der Waals surface area (Å²) in [5.74, 6) is -0.784. The van der Waals surface area contributed by atoms with Crippen molar-refractivity contribution in [2.45, 2.75) is 43.7 Å². The van der Waals surface area contributed by atoms with Gasteiger partial charge in [0.1, 0.15) is 0 Å². The fourth-order valence-electron chi connectivity index (χ4n) is 3.40. The topological polar surface area (TPSA) is 72.9 Å². The van der Waals surface area contributed by atoms with Crippen molar-refractivity contribution in [2.24, 2.45) is 0 Å². The summed E-state index contributed by atoms with van der Waals surface area (Å²) in [5, 5.41) is 12.0. The molecular weight excluding hydrogens is 386 g/mol. The molecule has 1 fully saturated rings. The quantitative estimate of drug-likeness (QED) is 0.636. The summed E-state index contributed by atoms with van der Waals surface area (Å²) in [5.41, 5.74) is 0.813. The van der Waals surface area contributed by atoms with Gasteiger partial charge in [-0.1, -0.05) is 6.92 Å². The fourth-order valence-corrected chi connectivity index (χ4v) is 3.81. The lowest BCUT2D eigenvalue weighted by Gasteiger charge is -2.39. The van der Waals surface area contributed by atoms with Gasteiger partial charge in [0.25, 0.3) is 0 Å². The zero-order chi connectivity index (χ0) is 19.1. The number of hydrogen-bond acceptors (Lipinski definition) is 5. The molecule has 1 saturated heterocycles. The minimum atomic E-state index is -0.783. The summed E-state index contributed by atoms with van der Waals surface area (Å²) in [6, 6.07) is 7.92. The van der Waals surface area contributed by atoms with Crippen molar-refractivity contribution < 1.29 is 14.7 Å². The van der Waals surface area contributed by atoms with Gasteiger partial charge in [0.2, 0.25) is 5.91 Å². The number of carboxylic acids is 1. The van der Waals surface area contributed by atoms with Crippen LogP contribution >= 0.6 is 24.2 Å². The van der Waals surface area contributed by atoms with Gasteiger partial charge < -0.3 is 10.4 Å². The van der Waals surface area contributed by atoms with Crippen LogP contribution in [0.1, 0.15) is 26.7 Å². The highest BCUT2D eigenvalue weighted by atomic mass is 35.5. The molecule has 0 saturated carbocycles. The highest BCUT2D eigenvalue weighted by molar-refractivity contribution is 7.98. The van der Waals surface area contributed by atoms with Gasteiger partial charge in [0, 0.05) is 29.7 Å². The number of thioether (sulfide) groups is 1. The number of likely N-dealkylation sites (tertiary alicyclic amines) is 1.